The summed E-state index contributed by atoms with van der Waals surface area (Å²) in [6.45, 7) is -7.47. The number of esters is 1. The van der Waals surface area contributed by atoms with Gasteiger partial charge < -0.3 is 19.9 Å². The van der Waals surface area contributed by atoms with E-state index in [9.17, 15) is 8.91 Å². The van der Waals surface area contributed by atoms with Crippen molar-refractivity contribution in [3.05, 3.63) is 23.3 Å². The summed E-state index contributed by atoms with van der Waals surface area (Å²) < 4.78 is 147. The first-order valence-corrected chi connectivity index (χ1v) is 9.58. The van der Waals surface area contributed by atoms with E-state index in [4.69, 9.17) is 37.8 Å². The maximum Gasteiger partial charge on any atom is 0.323 e. The minimum Gasteiger partial charge on any atom is -0.493 e. The SMILES string of the molecule is [2H]C([2H])([2H])Oc1cc2c(cc1OC)C1N(CC2)C([2H])([2H])C([2H])(CC(C)C)C(OC(=O)[C@@]([2H])(N)C([2H])(C([2H])([2H])[2H])C([2H])([2H])[2H])C1([2H])[2H]. The van der Waals surface area contributed by atoms with Gasteiger partial charge in [-0.25, -0.2) is 0 Å². The summed E-state index contributed by atoms with van der Waals surface area (Å²) in [5.41, 5.74) is 6.11. The molecule has 30 heavy (non-hydrogen) atoms. The first-order chi connectivity index (χ1) is 20.4. The molecule has 0 spiro atoms. The van der Waals surface area contributed by atoms with Crippen molar-refractivity contribution in [2.24, 2.45) is 23.4 Å². The van der Waals surface area contributed by atoms with E-state index in [0.29, 0.717) is 5.56 Å². The number of piperidine rings is 1. The van der Waals surface area contributed by atoms with Gasteiger partial charge in [0, 0.05) is 47.8 Å². The van der Waals surface area contributed by atoms with Crippen molar-refractivity contribution < 1.29 is 40.9 Å². The van der Waals surface area contributed by atoms with E-state index in [1.807, 2.05) is 0 Å². The van der Waals surface area contributed by atoms with Gasteiger partial charge in [0.25, 0.3) is 0 Å². The number of ether oxygens (including phenoxy) is 3. The van der Waals surface area contributed by atoms with Crippen LogP contribution in [0.3, 0.4) is 0 Å². The van der Waals surface area contributed by atoms with E-state index in [-0.39, 0.29) is 30.0 Å². The van der Waals surface area contributed by atoms with Crippen molar-refractivity contribution in [3.8, 4) is 11.5 Å². The van der Waals surface area contributed by atoms with Crippen LogP contribution in [0.5, 0.6) is 11.5 Å². The van der Waals surface area contributed by atoms with E-state index in [2.05, 4.69) is 0 Å². The predicted molar refractivity (Wildman–Crippen MR) is 118 cm³/mol. The van der Waals surface area contributed by atoms with Gasteiger partial charge in [-0.05, 0) is 47.9 Å². The summed E-state index contributed by atoms with van der Waals surface area (Å²) in [6, 6.07) is -2.97. The summed E-state index contributed by atoms with van der Waals surface area (Å²) in [5, 5.41) is 0. The van der Waals surface area contributed by atoms with E-state index in [1.165, 1.54) is 19.2 Å². The third kappa shape index (κ3) is 4.75. The Kier molecular flexibility index (Phi) is 3.12. The lowest BCUT2D eigenvalue weighted by molar-refractivity contribution is -0.160. The van der Waals surface area contributed by atoms with Crippen LogP contribution in [-0.4, -0.2) is 50.2 Å². The average Bonchev–Trinajstić information content (AvgIpc) is 2.86. The van der Waals surface area contributed by atoms with E-state index < -0.39 is 81.9 Å². The Morgan fingerprint density at radius 3 is 2.83 bits per heavy atom. The fourth-order valence-electron chi connectivity index (χ4n) is 3.62. The van der Waals surface area contributed by atoms with E-state index >= 15 is 0 Å². The standard InChI is InChI=1S/C24H38N2O4/c1-14(2)9-17-13-26-8-7-16-10-21(28-5)22(29-6)11-18(16)19(26)12-20(17)30-24(27)23(25)15(3)4/h10-11,14-15,17,19-20,23H,7-9,12-13,25H2,1-6H3/t17?,19?,20?,23-/m0/s1/i3D3,4D3,5D3,12D2,13D2,15D,17D,23D. The molecule has 0 aliphatic carbocycles. The van der Waals surface area contributed by atoms with Crippen molar-refractivity contribution in [3.63, 3.8) is 0 Å². The molecule has 1 saturated heterocycles. The molecule has 2 aliphatic rings. The molecule has 2 N–H and O–H groups in total. The van der Waals surface area contributed by atoms with Crippen LogP contribution in [0.4, 0.5) is 0 Å². The van der Waals surface area contributed by atoms with Crippen LogP contribution in [0.2, 0.25) is 0 Å². The zero-order valence-electron chi connectivity index (χ0n) is 33.2. The maximum absolute atomic E-state index is 13.6. The molecule has 1 fully saturated rings. The van der Waals surface area contributed by atoms with Crippen LogP contribution in [0.1, 0.15) is 79.4 Å². The Balaban J connectivity index is 2.28. The fourth-order valence-corrected chi connectivity index (χ4v) is 3.62. The van der Waals surface area contributed by atoms with Crippen LogP contribution in [0.25, 0.3) is 0 Å². The summed E-state index contributed by atoms with van der Waals surface area (Å²) in [4.78, 5) is 14.7. The van der Waals surface area contributed by atoms with Gasteiger partial charge >= 0.3 is 5.97 Å². The summed E-state index contributed by atoms with van der Waals surface area (Å²) >= 11 is 0. The second-order valence-electron chi connectivity index (χ2n) is 7.63. The van der Waals surface area contributed by atoms with Crippen molar-refractivity contribution >= 4 is 5.97 Å². The molecule has 6 nitrogen and oxygen atoms in total. The van der Waals surface area contributed by atoms with E-state index in [1.54, 1.807) is 13.8 Å². The molecule has 0 bridgehead atoms. The van der Waals surface area contributed by atoms with Gasteiger partial charge in [0.05, 0.1) is 19.6 Å². The Bertz CT molecular complexity index is 1310. The normalized spacial score (nSPS) is 41.2. The quantitative estimate of drug-likeness (QED) is 0.662. The van der Waals surface area contributed by atoms with E-state index in [0.717, 1.165) is 4.90 Å². The smallest absolute Gasteiger partial charge is 0.323 e. The maximum atomic E-state index is 13.6. The van der Waals surface area contributed by atoms with Crippen molar-refractivity contribution in [2.75, 3.05) is 27.2 Å². The highest BCUT2D eigenvalue weighted by Gasteiger charge is 2.41. The first-order valence-electron chi connectivity index (χ1n) is 17.6. The van der Waals surface area contributed by atoms with Crippen LogP contribution < -0.4 is 15.2 Å². The first kappa shape index (κ1) is 9.78. The molecule has 0 aromatic heterocycles. The molecular weight excluding hydrogens is 380 g/mol. The molecule has 2 aliphatic heterocycles. The highest BCUT2D eigenvalue weighted by molar-refractivity contribution is 5.76. The van der Waals surface area contributed by atoms with Gasteiger partial charge in [-0.3, -0.25) is 9.69 Å². The lowest BCUT2D eigenvalue weighted by Gasteiger charge is -2.47. The number of carbonyl (C=O) groups is 1. The highest BCUT2D eigenvalue weighted by atomic mass is 16.5. The molecule has 1 aromatic carbocycles. The van der Waals surface area contributed by atoms with Crippen LogP contribution in [0.15, 0.2) is 12.1 Å². The van der Waals surface area contributed by atoms with Crippen molar-refractivity contribution in [1.29, 1.82) is 0 Å². The lowest BCUT2D eigenvalue weighted by atomic mass is 9.79. The monoisotopic (exact) mass is 434 g/mol. The highest BCUT2D eigenvalue weighted by Crippen LogP contribution is 2.44. The van der Waals surface area contributed by atoms with Crippen molar-refractivity contribution in [2.45, 2.75) is 64.9 Å². The largest absolute Gasteiger partial charge is 0.493 e. The minimum absolute atomic E-state index is 0.0577. The van der Waals surface area contributed by atoms with Gasteiger partial charge in [-0.15, -0.1) is 0 Å². The third-order valence-electron chi connectivity index (χ3n) is 5.02. The van der Waals surface area contributed by atoms with Gasteiger partial charge in [0.2, 0.25) is 0 Å². The van der Waals surface area contributed by atoms with Gasteiger partial charge in [0.1, 0.15) is 12.1 Å². The molecule has 2 heterocycles. The zero-order valence-corrected chi connectivity index (χ0v) is 17.2. The predicted octanol–water partition coefficient (Wildman–Crippen LogP) is 3.56. The van der Waals surface area contributed by atoms with Gasteiger partial charge in [-0.1, -0.05) is 27.6 Å². The molecule has 3 rings (SSSR count). The van der Waals surface area contributed by atoms with Gasteiger partial charge in [-0.2, -0.15) is 0 Å². The molecule has 0 radical (unpaired) electrons. The Morgan fingerprint density at radius 2 is 2.17 bits per heavy atom. The number of benzene rings is 1. The fraction of sp³-hybridized carbons (Fsp3) is 0.708. The topological polar surface area (TPSA) is 74.0 Å². The molecule has 168 valence electrons. The number of fused-ring (bicyclic) bond motifs is 3. The summed E-state index contributed by atoms with van der Waals surface area (Å²) in [7, 11) is -1.68. The minimum atomic E-state index is -3.98. The second-order valence-corrected chi connectivity index (χ2v) is 7.63. The lowest BCUT2D eigenvalue weighted by Crippen LogP contribution is -2.51. The Hall–Kier alpha value is -1.79. The van der Waals surface area contributed by atoms with Crippen LogP contribution >= 0.6 is 0 Å². The van der Waals surface area contributed by atoms with Crippen molar-refractivity contribution in [1.82, 2.24) is 4.90 Å². The molecule has 4 atom stereocenters. The van der Waals surface area contributed by atoms with Crippen LogP contribution in [-0.2, 0) is 16.0 Å². The van der Waals surface area contributed by atoms with Crippen LogP contribution in [0, 0.1) is 17.7 Å². The molecular formula is C24H38N2O4. The van der Waals surface area contributed by atoms with Gasteiger partial charge in [0.15, 0.2) is 11.5 Å². The number of carbonyl (C=O) groups excluding carboxylic acids is 1. The summed E-state index contributed by atoms with van der Waals surface area (Å²) in [6.07, 6.45) is -5.73. The third-order valence-corrected chi connectivity index (χ3v) is 5.02. The zero-order chi connectivity index (χ0) is 35.9. The Labute approximate surface area is 203 Å². The molecule has 0 saturated carbocycles. The second kappa shape index (κ2) is 9.56. The number of hydrogen-bond donors (Lipinski definition) is 1. The summed E-state index contributed by atoms with van der Waals surface area (Å²) in [5.74, 6) is -9.63. The number of hydrogen-bond acceptors (Lipinski definition) is 6. The molecule has 3 unspecified atom stereocenters. The molecule has 1 aromatic rings. The number of nitrogens with zero attached hydrogens (tertiary/aromatic N) is 1. The number of nitrogens with two attached hydrogens (primary N) is 1. The Morgan fingerprint density at radius 1 is 1.40 bits per heavy atom. The number of methoxy groups -OCH3 is 2. The molecule has 0 amide bonds. The average molecular weight is 435 g/mol. The molecule has 6 heteroatoms. The number of rotatable bonds is 7.